The van der Waals surface area contributed by atoms with Gasteiger partial charge >= 0.3 is 6.18 Å². The average molecular weight is 390 g/mol. The molecule has 4 nitrogen and oxygen atoms in total. The van der Waals surface area contributed by atoms with E-state index in [1.165, 1.54) is 6.07 Å². The number of anilines is 1. The Morgan fingerprint density at radius 3 is 2.27 bits per heavy atom. The van der Waals surface area contributed by atoms with Crippen molar-refractivity contribution in [2.24, 2.45) is 5.73 Å². The van der Waals surface area contributed by atoms with Gasteiger partial charge in [-0.3, -0.25) is 4.79 Å². The summed E-state index contributed by atoms with van der Waals surface area (Å²) in [6.07, 6.45) is -4.50. The van der Waals surface area contributed by atoms with Gasteiger partial charge in [-0.2, -0.15) is 13.2 Å². The molecular formula is C18H23ClF3N3O. The number of nitrogens with one attached hydrogen (secondary N) is 1. The van der Waals surface area contributed by atoms with Gasteiger partial charge in [0.25, 0.3) is 5.91 Å². The molecule has 2 aromatic rings. The number of benzene rings is 1. The number of hydrogen-bond donors (Lipinski definition) is 2. The van der Waals surface area contributed by atoms with Crippen molar-refractivity contribution < 1.29 is 18.0 Å². The summed E-state index contributed by atoms with van der Waals surface area (Å²) in [5, 5.41) is 2.56. The fraction of sp³-hybridized carbons (Fsp3) is 0.389. The second-order valence-electron chi connectivity index (χ2n) is 6.32. The van der Waals surface area contributed by atoms with Gasteiger partial charge < -0.3 is 15.6 Å². The van der Waals surface area contributed by atoms with Crippen LogP contribution in [0.3, 0.4) is 0 Å². The maximum Gasteiger partial charge on any atom is 0.416 e. The zero-order valence-corrected chi connectivity index (χ0v) is 15.9. The van der Waals surface area contributed by atoms with E-state index in [4.69, 9.17) is 5.73 Å². The van der Waals surface area contributed by atoms with E-state index in [0.717, 1.165) is 23.5 Å². The Hall–Kier alpha value is -1.99. The van der Waals surface area contributed by atoms with E-state index in [1.807, 2.05) is 32.3 Å². The summed E-state index contributed by atoms with van der Waals surface area (Å²) in [7, 11) is 0. The number of amides is 1. The third-order valence-corrected chi connectivity index (χ3v) is 4.06. The predicted octanol–water partition coefficient (Wildman–Crippen LogP) is 4.84. The van der Waals surface area contributed by atoms with Crippen LogP contribution in [0.15, 0.2) is 24.3 Å². The van der Waals surface area contributed by atoms with Crippen molar-refractivity contribution in [2.45, 2.75) is 46.5 Å². The molecule has 0 aliphatic heterocycles. The summed E-state index contributed by atoms with van der Waals surface area (Å²) in [6, 6.07) is 5.27. The Morgan fingerprint density at radius 2 is 1.81 bits per heavy atom. The normalized spacial score (nSPS) is 11.4. The summed E-state index contributed by atoms with van der Waals surface area (Å²) in [6.45, 7) is 7.67. The molecule has 0 aliphatic rings. The van der Waals surface area contributed by atoms with Crippen LogP contribution < -0.4 is 11.1 Å². The molecule has 0 spiro atoms. The Labute approximate surface area is 157 Å². The van der Waals surface area contributed by atoms with Gasteiger partial charge in [-0.25, -0.2) is 0 Å². The number of carbonyl (C=O) groups is 1. The Bertz CT molecular complexity index is 798. The van der Waals surface area contributed by atoms with Crippen LogP contribution >= 0.6 is 12.4 Å². The highest BCUT2D eigenvalue weighted by Crippen LogP contribution is 2.32. The molecule has 3 N–H and O–H groups in total. The summed E-state index contributed by atoms with van der Waals surface area (Å²) in [5.41, 5.74) is 7.15. The molecule has 0 unspecified atom stereocenters. The van der Waals surface area contributed by atoms with E-state index < -0.39 is 17.6 Å². The SMILES string of the molecule is Cc1cc(C(=O)Nc2cc(CN)cc(C(F)(F)F)c2)c(C)n1C(C)C.Cl. The number of aromatic nitrogens is 1. The Kier molecular flexibility index (Phi) is 6.90. The molecule has 0 aliphatic carbocycles. The first-order valence-electron chi connectivity index (χ1n) is 7.95. The van der Waals surface area contributed by atoms with Gasteiger partial charge in [0.05, 0.1) is 11.1 Å². The summed E-state index contributed by atoms with van der Waals surface area (Å²) in [4.78, 5) is 12.5. The molecule has 1 aromatic heterocycles. The van der Waals surface area contributed by atoms with E-state index in [9.17, 15) is 18.0 Å². The monoisotopic (exact) mass is 389 g/mol. The van der Waals surface area contributed by atoms with Crippen LogP contribution in [-0.2, 0) is 12.7 Å². The van der Waals surface area contributed by atoms with Crippen LogP contribution in [0.1, 0.15) is 52.8 Å². The number of nitrogens with zero attached hydrogens (tertiary/aromatic N) is 1. The molecule has 1 amide bonds. The lowest BCUT2D eigenvalue weighted by Gasteiger charge is -2.14. The van der Waals surface area contributed by atoms with Crippen molar-refractivity contribution in [3.05, 3.63) is 52.3 Å². The molecule has 0 fully saturated rings. The molecule has 8 heteroatoms. The molecule has 0 radical (unpaired) electrons. The zero-order chi connectivity index (χ0) is 18.9. The van der Waals surface area contributed by atoms with E-state index >= 15 is 0 Å². The Morgan fingerprint density at radius 1 is 1.19 bits per heavy atom. The van der Waals surface area contributed by atoms with Crippen LogP contribution in [0, 0.1) is 13.8 Å². The molecular weight excluding hydrogens is 367 g/mol. The first-order valence-corrected chi connectivity index (χ1v) is 7.95. The first kappa shape index (κ1) is 22.1. The fourth-order valence-electron chi connectivity index (χ4n) is 3.05. The minimum atomic E-state index is -4.50. The van der Waals surface area contributed by atoms with Gasteiger partial charge in [0.2, 0.25) is 0 Å². The number of rotatable bonds is 4. The van der Waals surface area contributed by atoms with Gasteiger partial charge in [-0.05, 0) is 57.5 Å². The lowest BCUT2D eigenvalue weighted by molar-refractivity contribution is -0.137. The van der Waals surface area contributed by atoms with E-state index in [-0.39, 0.29) is 30.7 Å². The second kappa shape index (κ2) is 8.14. The van der Waals surface area contributed by atoms with Crippen molar-refractivity contribution in [1.82, 2.24) is 4.57 Å². The molecule has 1 aromatic carbocycles. The molecule has 144 valence electrons. The highest BCUT2D eigenvalue weighted by molar-refractivity contribution is 6.05. The van der Waals surface area contributed by atoms with Crippen molar-refractivity contribution in [1.29, 1.82) is 0 Å². The second-order valence-corrected chi connectivity index (χ2v) is 6.32. The van der Waals surface area contributed by atoms with Crippen LogP contribution in [0.5, 0.6) is 0 Å². The minimum absolute atomic E-state index is 0. The molecule has 26 heavy (non-hydrogen) atoms. The standard InChI is InChI=1S/C18H22F3N3O.ClH/c1-10(2)24-11(3)5-16(12(24)4)17(25)23-15-7-13(9-22)6-14(8-15)18(19,20)21;/h5-8,10H,9,22H2,1-4H3,(H,23,25);1H. The smallest absolute Gasteiger partial charge is 0.346 e. The predicted molar refractivity (Wildman–Crippen MR) is 98.8 cm³/mol. The summed E-state index contributed by atoms with van der Waals surface area (Å²) < 4.78 is 41.0. The van der Waals surface area contributed by atoms with Crippen LogP contribution in [0.4, 0.5) is 18.9 Å². The van der Waals surface area contributed by atoms with E-state index in [2.05, 4.69) is 5.32 Å². The van der Waals surface area contributed by atoms with Crippen LogP contribution in [0.2, 0.25) is 0 Å². The topological polar surface area (TPSA) is 60.1 Å². The van der Waals surface area contributed by atoms with E-state index in [1.54, 1.807) is 6.07 Å². The van der Waals surface area contributed by atoms with Gasteiger partial charge in [0.1, 0.15) is 0 Å². The average Bonchev–Trinajstić information content (AvgIpc) is 2.80. The number of alkyl halides is 3. The molecule has 0 saturated carbocycles. The highest BCUT2D eigenvalue weighted by atomic mass is 35.5. The van der Waals surface area contributed by atoms with Crippen molar-refractivity contribution in [3.8, 4) is 0 Å². The molecule has 0 saturated heterocycles. The zero-order valence-electron chi connectivity index (χ0n) is 15.1. The van der Waals surface area contributed by atoms with E-state index in [0.29, 0.717) is 11.1 Å². The summed E-state index contributed by atoms with van der Waals surface area (Å²) >= 11 is 0. The third-order valence-electron chi connectivity index (χ3n) is 4.06. The van der Waals surface area contributed by atoms with Gasteiger partial charge in [0.15, 0.2) is 0 Å². The van der Waals surface area contributed by atoms with Crippen molar-refractivity contribution in [3.63, 3.8) is 0 Å². The maximum absolute atomic E-state index is 13.0. The first-order chi connectivity index (χ1) is 11.5. The number of hydrogen-bond acceptors (Lipinski definition) is 2. The van der Waals surface area contributed by atoms with Gasteiger partial charge in [-0.15, -0.1) is 12.4 Å². The van der Waals surface area contributed by atoms with Crippen molar-refractivity contribution in [2.75, 3.05) is 5.32 Å². The number of nitrogens with two attached hydrogens (primary N) is 1. The van der Waals surface area contributed by atoms with Crippen molar-refractivity contribution >= 4 is 24.0 Å². The minimum Gasteiger partial charge on any atom is -0.346 e. The molecule has 1 heterocycles. The fourth-order valence-corrected chi connectivity index (χ4v) is 3.05. The van der Waals surface area contributed by atoms with Gasteiger partial charge in [0, 0.05) is 29.7 Å². The number of halogens is 4. The Balaban J connectivity index is 0.00000338. The van der Waals surface area contributed by atoms with Crippen LogP contribution in [-0.4, -0.2) is 10.5 Å². The third kappa shape index (κ3) is 4.59. The lowest BCUT2D eigenvalue weighted by atomic mass is 10.1. The number of aryl methyl sites for hydroxylation is 1. The molecule has 0 atom stereocenters. The molecule has 2 rings (SSSR count). The number of carbonyl (C=O) groups excluding carboxylic acids is 1. The highest BCUT2D eigenvalue weighted by Gasteiger charge is 2.31. The largest absolute Gasteiger partial charge is 0.416 e. The lowest BCUT2D eigenvalue weighted by Crippen LogP contribution is -2.15. The quantitative estimate of drug-likeness (QED) is 0.786. The van der Waals surface area contributed by atoms with Crippen LogP contribution in [0.25, 0.3) is 0 Å². The maximum atomic E-state index is 13.0. The molecule has 0 bridgehead atoms. The summed E-state index contributed by atoms with van der Waals surface area (Å²) in [5.74, 6) is -0.442. The van der Waals surface area contributed by atoms with Gasteiger partial charge in [-0.1, -0.05) is 0 Å².